The Bertz CT molecular complexity index is 1170. The smallest absolute Gasteiger partial charge is 0.301 e. The van der Waals surface area contributed by atoms with Crippen molar-refractivity contribution in [2.24, 2.45) is 0 Å². The molecule has 0 radical (unpaired) electrons. The Morgan fingerprint density at radius 2 is 1.74 bits per heavy atom. The first kappa shape index (κ1) is 20.2. The van der Waals surface area contributed by atoms with Crippen LogP contribution in [0.15, 0.2) is 78.5 Å². The van der Waals surface area contributed by atoms with E-state index < -0.39 is 17.7 Å². The third-order valence-corrected chi connectivity index (χ3v) is 5.12. The average molecular weight is 416 g/mol. The summed E-state index contributed by atoms with van der Waals surface area (Å²) in [7, 11) is 3.02. The van der Waals surface area contributed by atoms with Gasteiger partial charge in [0.25, 0.3) is 5.78 Å². The maximum Gasteiger partial charge on any atom is 0.301 e. The first-order valence-electron chi connectivity index (χ1n) is 9.56. The van der Waals surface area contributed by atoms with E-state index in [0.717, 1.165) is 0 Å². The molecule has 2 heterocycles. The second kappa shape index (κ2) is 8.31. The average Bonchev–Trinajstić information content (AvgIpc) is 3.09. The van der Waals surface area contributed by atoms with Crippen LogP contribution in [0.3, 0.4) is 0 Å². The van der Waals surface area contributed by atoms with Crippen molar-refractivity contribution in [3.63, 3.8) is 0 Å². The van der Waals surface area contributed by atoms with Gasteiger partial charge in [0.15, 0.2) is 0 Å². The molecule has 1 atom stereocenters. The van der Waals surface area contributed by atoms with Crippen LogP contribution in [0.5, 0.6) is 11.5 Å². The SMILES string of the molecule is COc1cccc(C(O)=C2C(=O)C(=O)N(c3ccccn3)C2c2ccccc2OC)c1. The van der Waals surface area contributed by atoms with E-state index in [9.17, 15) is 14.7 Å². The largest absolute Gasteiger partial charge is 0.507 e. The molecule has 1 aromatic heterocycles. The molecule has 1 aliphatic rings. The van der Waals surface area contributed by atoms with Crippen molar-refractivity contribution in [3.8, 4) is 11.5 Å². The van der Waals surface area contributed by atoms with Crippen LogP contribution in [0.2, 0.25) is 0 Å². The molecule has 0 spiro atoms. The number of methoxy groups -OCH3 is 2. The highest BCUT2D eigenvalue weighted by Crippen LogP contribution is 2.44. The zero-order chi connectivity index (χ0) is 22.0. The molecule has 1 unspecified atom stereocenters. The molecule has 156 valence electrons. The number of hydrogen-bond donors (Lipinski definition) is 1. The number of carbonyl (C=O) groups is 2. The van der Waals surface area contributed by atoms with Gasteiger partial charge in [0.1, 0.15) is 29.1 Å². The van der Waals surface area contributed by atoms with Gasteiger partial charge in [0.05, 0.1) is 19.8 Å². The van der Waals surface area contributed by atoms with E-state index in [4.69, 9.17) is 9.47 Å². The summed E-state index contributed by atoms with van der Waals surface area (Å²) in [6, 6.07) is 17.9. The lowest BCUT2D eigenvalue weighted by atomic mass is 9.94. The van der Waals surface area contributed by atoms with Crippen LogP contribution >= 0.6 is 0 Å². The van der Waals surface area contributed by atoms with Gasteiger partial charge >= 0.3 is 5.91 Å². The molecule has 0 aliphatic carbocycles. The molecule has 7 heteroatoms. The van der Waals surface area contributed by atoms with Crippen molar-refractivity contribution in [1.29, 1.82) is 0 Å². The molecular formula is C24H20N2O5. The highest BCUT2D eigenvalue weighted by atomic mass is 16.5. The zero-order valence-corrected chi connectivity index (χ0v) is 17.0. The number of benzene rings is 2. The standard InChI is InChI=1S/C24H20N2O5/c1-30-16-9-7-8-15(14-16)22(27)20-21(17-10-3-4-11-18(17)31-2)26(24(29)23(20)28)19-12-5-6-13-25-19/h3-14,21,27H,1-2H3. The number of carbonyl (C=O) groups excluding carboxylic acids is 2. The topological polar surface area (TPSA) is 89.0 Å². The zero-order valence-electron chi connectivity index (χ0n) is 17.0. The van der Waals surface area contributed by atoms with Gasteiger partial charge in [0.2, 0.25) is 0 Å². The first-order chi connectivity index (χ1) is 15.1. The Labute approximate surface area is 179 Å². The van der Waals surface area contributed by atoms with Crippen molar-refractivity contribution in [2.75, 3.05) is 19.1 Å². The molecule has 3 aromatic rings. The first-order valence-corrected chi connectivity index (χ1v) is 9.56. The monoisotopic (exact) mass is 416 g/mol. The lowest BCUT2D eigenvalue weighted by molar-refractivity contribution is -0.132. The molecule has 1 saturated heterocycles. The van der Waals surface area contributed by atoms with Crippen LogP contribution < -0.4 is 14.4 Å². The van der Waals surface area contributed by atoms with E-state index >= 15 is 0 Å². The number of amides is 1. The summed E-state index contributed by atoms with van der Waals surface area (Å²) >= 11 is 0. The summed E-state index contributed by atoms with van der Waals surface area (Å²) in [6.07, 6.45) is 1.54. The van der Waals surface area contributed by atoms with Crippen molar-refractivity contribution >= 4 is 23.3 Å². The maximum atomic E-state index is 13.1. The lowest BCUT2D eigenvalue weighted by Crippen LogP contribution is -2.30. The van der Waals surface area contributed by atoms with Crippen molar-refractivity contribution in [1.82, 2.24) is 4.98 Å². The molecule has 1 aliphatic heterocycles. The van der Waals surface area contributed by atoms with Crippen LogP contribution in [0, 0.1) is 0 Å². The van der Waals surface area contributed by atoms with Gasteiger partial charge in [-0.1, -0.05) is 36.4 Å². The number of aromatic nitrogens is 1. The molecule has 2 aromatic carbocycles. The van der Waals surface area contributed by atoms with E-state index in [-0.39, 0.29) is 11.3 Å². The molecule has 7 nitrogen and oxygen atoms in total. The van der Waals surface area contributed by atoms with Gasteiger partial charge in [0, 0.05) is 17.3 Å². The molecular weight excluding hydrogens is 396 g/mol. The summed E-state index contributed by atoms with van der Waals surface area (Å²) in [6.45, 7) is 0. The van der Waals surface area contributed by atoms with Gasteiger partial charge in [-0.2, -0.15) is 0 Å². The predicted octanol–water partition coefficient (Wildman–Crippen LogP) is 3.73. The lowest BCUT2D eigenvalue weighted by Gasteiger charge is -2.25. The third kappa shape index (κ3) is 3.50. The van der Waals surface area contributed by atoms with Crippen molar-refractivity contribution < 1.29 is 24.2 Å². The fourth-order valence-electron chi connectivity index (χ4n) is 3.68. The van der Waals surface area contributed by atoms with Crippen LogP contribution in [0.4, 0.5) is 5.82 Å². The highest BCUT2D eigenvalue weighted by Gasteiger charge is 2.48. The molecule has 0 bridgehead atoms. The quantitative estimate of drug-likeness (QED) is 0.387. The minimum absolute atomic E-state index is 0.0478. The second-order valence-electron chi connectivity index (χ2n) is 6.83. The fraction of sp³-hybridized carbons (Fsp3) is 0.125. The van der Waals surface area contributed by atoms with E-state index in [1.807, 2.05) is 0 Å². The Morgan fingerprint density at radius 1 is 0.968 bits per heavy atom. The summed E-state index contributed by atoms with van der Waals surface area (Å²) in [4.78, 5) is 31.8. The maximum absolute atomic E-state index is 13.1. The Morgan fingerprint density at radius 3 is 2.45 bits per heavy atom. The van der Waals surface area contributed by atoms with E-state index in [1.165, 1.54) is 25.3 Å². The van der Waals surface area contributed by atoms with Gasteiger partial charge in [-0.15, -0.1) is 0 Å². The predicted molar refractivity (Wildman–Crippen MR) is 115 cm³/mol. The number of Topliss-reactive ketones (excluding diaryl/α,β-unsaturated/α-hetero) is 1. The fourth-order valence-corrected chi connectivity index (χ4v) is 3.68. The number of anilines is 1. The van der Waals surface area contributed by atoms with Crippen molar-refractivity contribution in [3.05, 3.63) is 89.6 Å². The molecule has 0 saturated carbocycles. The molecule has 1 N–H and O–H groups in total. The van der Waals surface area contributed by atoms with Gasteiger partial charge in [-0.3, -0.25) is 14.5 Å². The number of aliphatic hydroxyl groups excluding tert-OH is 1. The van der Waals surface area contributed by atoms with Crippen LogP contribution in [-0.2, 0) is 9.59 Å². The number of hydrogen-bond acceptors (Lipinski definition) is 6. The number of para-hydroxylation sites is 1. The summed E-state index contributed by atoms with van der Waals surface area (Å²) in [5.74, 6) is -0.596. The highest BCUT2D eigenvalue weighted by molar-refractivity contribution is 6.51. The molecule has 4 rings (SSSR count). The molecule has 1 amide bonds. The summed E-state index contributed by atoms with van der Waals surface area (Å²) < 4.78 is 10.7. The second-order valence-corrected chi connectivity index (χ2v) is 6.83. The Hall–Kier alpha value is -4.13. The van der Waals surface area contributed by atoms with Crippen LogP contribution in [0.25, 0.3) is 5.76 Å². The Balaban J connectivity index is 1.98. The summed E-state index contributed by atoms with van der Waals surface area (Å²) in [5, 5.41) is 11.2. The number of aliphatic hydroxyl groups is 1. The number of pyridine rings is 1. The minimum Gasteiger partial charge on any atom is -0.507 e. The number of nitrogens with zero attached hydrogens (tertiary/aromatic N) is 2. The number of rotatable bonds is 5. The van der Waals surface area contributed by atoms with Crippen LogP contribution in [-0.4, -0.2) is 36.0 Å². The summed E-state index contributed by atoms with van der Waals surface area (Å²) in [5.41, 5.74) is 0.867. The number of ketones is 1. The van der Waals surface area contributed by atoms with E-state index in [0.29, 0.717) is 28.4 Å². The number of ether oxygens (including phenoxy) is 2. The molecule has 1 fully saturated rings. The van der Waals surface area contributed by atoms with E-state index in [1.54, 1.807) is 66.7 Å². The Kier molecular flexibility index (Phi) is 5.41. The van der Waals surface area contributed by atoms with E-state index in [2.05, 4.69) is 4.98 Å². The van der Waals surface area contributed by atoms with Gasteiger partial charge < -0.3 is 14.6 Å². The van der Waals surface area contributed by atoms with Gasteiger partial charge in [-0.05, 0) is 30.3 Å². The van der Waals surface area contributed by atoms with Crippen molar-refractivity contribution in [2.45, 2.75) is 6.04 Å². The van der Waals surface area contributed by atoms with Crippen LogP contribution in [0.1, 0.15) is 17.2 Å². The minimum atomic E-state index is -0.919. The normalized spacial score (nSPS) is 17.6. The molecule has 31 heavy (non-hydrogen) atoms. The van der Waals surface area contributed by atoms with Gasteiger partial charge in [-0.25, -0.2) is 4.98 Å². The third-order valence-electron chi connectivity index (χ3n) is 5.12.